The molecule has 0 aliphatic carbocycles. The number of phenols is 1. The van der Waals surface area contributed by atoms with Gasteiger partial charge in [-0.2, -0.15) is 8.42 Å². The van der Waals surface area contributed by atoms with Crippen LogP contribution in [0.5, 0.6) is 5.75 Å². The molecule has 3 aromatic carbocycles. The average Bonchev–Trinajstić information content (AvgIpc) is 2.66. The van der Waals surface area contributed by atoms with Crippen LogP contribution >= 0.6 is 0 Å². The minimum atomic E-state index is -4.60. The fourth-order valence-electron chi connectivity index (χ4n) is 2.71. The number of hydrogen-bond acceptors (Lipinski definition) is 4. The van der Waals surface area contributed by atoms with E-state index in [1.807, 2.05) is 0 Å². The van der Waals surface area contributed by atoms with Crippen LogP contribution < -0.4 is 0 Å². The highest BCUT2D eigenvalue weighted by atomic mass is 32.2. The van der Waals surface area contributed by atoms with Crippen molar-refractivity contribution in [3.8, 4) is 16.9 Å². The van der Waals surface area contributed by atoms with E-state index in [1.54, 1.807) is 36.4 Å². The third-order valence-corrected chi connectivity index (χ3v) is 4.90. The molecule has 0 aromatic heterocycles. The van der Waals surface area contributed by atoms with Gasteiger partial charge in [0.15, 0.2) is 5.78 Å². The smallest absolute Gasteiger partial charge is 0.298 e. The molecule has 7 heteroatoms. The highest BCUT2D eigenvalue weighted by Crippen LogP contribution is 2.26. The maximum absolute atomic E-state index is 13.5. The summed E-state index contributed by atoms with van der Waals surface area (Å²) in [5.74, 6) is -1.39. The van der Waals surface area contributed by atoms with Crippen LogP contribution in [0.2, 0.25) is 0 Å². The molecule has 3 rings (SSSR count). The monoisotopic (exact) mass is 398 g/mol. The third kappa shape index (κ3) is 4.33. The highest BCUT2D eigenvalue weighted by Gasteiger charge is 2.15. The topological polar surface area (TPSA) is 91.7 Å². The lowest BCUT2D eigenvalue weighted by atomic mass is 9.96. The number of aromatic hydroxyl groups is 1. The number of carbonyl (C=O) groups excluding carboxylic acids is 1. The number of benzene rings is 3. The first-order valence-corrected chi connectivity index (χ1v) is 9.57. The molecule has 0 fully saturated rings. The second-order valence-electron chi connectivity index (χ2n) is 5.96. The Kier molecular flexibility index (Phi) is 5.39. The molecule has 0 spiro atoms. The number of phenolic OH excluding ortho intramolecular Hbond substituents is 1. The molecule has 0 saturated carbocycles. The zero-order valence-corrected chi connectivity index (χ0v) is 15.2. The molecule has 142 valence electrons. The molecule has 0 saturated heterocycles. The minimum Gasteiger partial charge on any atom is -0.506 e. The van der Waals surface area contributed by atoms with Crippen LogP contribution in [0.15, 0.2) is 77.7 Å². The summed E-state index contributed by atoms with van der Waals surface area (Å²) in [6.45, 7) is 0. The molecule has 0 amide bonds. The number of hydrogen-bond donors (Lipinski definition) is 2. The summed E-state index contributed by atoms with van der Waals surface area (Å²) in [5, 5.41) is 9.55. The van der Waals surface area contributed by atoms with Gasteiger partial charge >= 0.3 is 0 Å². The van der Waals surface area contributed by atoms with Crippen molar-refractivity contribution in [2.24, 2.45) is 0 Å². The van der Waals surface area contributed by atoms with Gasteiger partial charge in [-0.15, -0.1) is 0 Å². The van der Waals surface area contributed by atoms with Crippen molar-refractivity contribution < 1.29 is 27.3 Å². The number of allylic oxidation sites excluding steroid dienone is 1. The summed E-state index contributed by atoms with van der Waals surface area (Å²) in [6.07, 6.45) is 2.59. The second kappa shape index (κ2) is 7.75. The standard InChI is InChI=1S/C21H15FO5S/c22-16-5-3-4-15(13-16)17-6-1-2-7-18(17)19(23)10-8-14-9-11-20(24)21(12-14)28(25,26)27/h1-13,24H,(H,25,26,27)/b10-8+. The summed E-state index contributed by atoms with van der Waals surface area (Å²) in [6, 6.07) is 16.2. The Morgan fingerprint density at radius 2 is 1.71 bits per heavy atom. The predicted octanol–water partition coefficient (Wildman–Crippen LogP) is 4.34. The summed E-state index contributed by atoms with van der Waals surface area (Å²) in [5.41, 5.74) is 1.75. The van der Waals surface area contributed by atoms with Gasteiger partial charge in [0.1, 0.15) is 16.5 Å². The van der Waals surface area contributed by atoms with E-state index in [9.17, 15) is 22.7 Å². The van der Waals surface area contributed by atoms with E-state index in [0.717, 1.165) is 12.1 Å². The lowest BCUT2D eigenvalue weighted by Gasteiger charge is -2.07. The minimum absolute atomic E-state index is 0.294. The normalized spacial score (nSPS) is 11.6. The first kappa shape index (κ1) is 19.5. The molecule has 28 heavy (non-hydrogen) atoms. The van der Waals surface area contributed by atoms with Crippen LogP contribution in [-0.4, -0.2) is 23.9 Å². The van der Waals surface area contributed by atoms with E-state index in [4.69, 9.17) is 4.55 Å². The van der Waals surface area contributed by atoms with Gasteiger partial charge in [-0.05, 0) is 47.0 Å². The molecule has 3 aromatic rings. The first-order chi connectivity index (χ1) is 13.3. The third-order valence-electron chi connectivity index (χ3n) is 4.02. The molecule has 0 unspecified atom stereocenters. The second-order valence-corrected chi connectivity index (χ2v) is 7.35. The van der Waals surface area contributed by atoms with E-state index in [1.165, 1.54) is 30.4 Å². The van der Waals surface area contributed by atoms with Crippen molar-refractivity contribution in [3.63, 3.8) is 0 Å². The van der Waals surface area contributed by atoms with Crippen LogP contribution in [0.25, 0.3) is 17.2 Å². The Bertz CT molecular complexity index is 1180. The van der Waals surface area contributed by atoms with Gasteiger partial charge in [0.25, 0.3) is 10.1 Å². The van der Waals surface area contributed by atoms with Crippen molar-refractivity contribution >= 4 is 22.0 Å². The summed E-state index contributed by atoms with van der Waals surface area (Å²) in [7, 11) is -4.60. The van der Waals surface area contributed by atoms with Gasteiger partial charge in [0, 0.05) is 5.56 Å². The zero-order valence-electron chi connectivity index (χ0n) is 14.4. The molecule has 0 atom stereocenters. The van der Waals surface area contributed by atoms with Crippen molar-refractivity contribution in [3.05, 3.63) is 89.8 Å². The Hall–Kier alpha value is -3.29. The molecule has 5 nitrogen and oxygen atoms in total. The van der Waals surface area contributed by atoms with E-state index >= 15 is 0 Å². The van der Waals surface area contributed by atoms with Gasteiger partial charge in [0.05, 0.1) is 0 Å². The van der Waals surface area contributed by atoms with E-state index < -0.39 is 26.6 Å². The number of ketones is 1. The van der Waals surface area contributed by atoms with Crippen LogP contribution in [0.4, 0.5) is 4.39 Å². The van der Waals surface area contributed by atoms with Crippen LogP contribution in [0.1, 0.15) is 15.9 Å². The van der Waals surface area contributed by atoms with E-state index in [-0.39, 0.29) is 5.78 Å². The van der Waals surface area contributed by atoms with Crippen molar-refractivity contribution in [1.82, 2.24) is 0 Å². The van der Waals surface area contributed by atoms with Crippen molar-refractivity contribution in [2.75, 3.05) is 0 Å². The Morgan fingerprint density at radius 3 is 2.43 bits per heavy atom. The lowest BCUT2D eigenvalue weighted by molar-refractivity contribution is 0.104. The number of rotatable bonds is 5. The fraction of sp³-hybridized carbons (Fsp3) is 0. The summed E-state index contributed by atoms with van der Waals surface area (Å²) < 4.78 is 45.2. The van der Waals surface area contributed by atoms with Crippen LogP contribution in [-0.2, 0) is 10.1 Å². The van der Waals surface area contributed by atoms with Crippen molar-refractivity contribution in [1.29, 1.82) is 0 Å². The van der Waals surface area contributed by atoms with Gasteiger partial charge in [-0.3, -0.25) is 9.35 Å². The molecule has 0 radical (unpaired) electrons. The molecule has 2 N–H and O–H groups in total. The maximum Gasteiger partial charge on any atom is 0.298 e. The van der Waals surface area contributed by atoms with E-state index in [0.29, 0.717) is 22.3 Å². The zero-order chi connectivity index (χ0) is 20.3. The van der Waals surface area contributed by atoms with E-state index in [2.05, 4.69) is 0 Å². The lowest BCUT2D eigenvalue weighted by Crippen LogP contribution is -1.99. The highest BCUT2D eigenvalue weighted by molar-refractivity contribution is 7.86. The molecular formula is C21H15FO5S. The number of halogens is 1. The summed E-state index contributed by atoms with van der Waals surface area (Å²) in [4.78, 5) is 12.0. The van der Waals surface area contributed by atoms with Crippen LogP contribution in [0.3, 0.4) is 0 Å². The molecule has 0 aliphatic heterocycles. The van der Waals surface area contributed by atoms with Gasteiger partial charge in [-0.25, -0.2) is 4.39 Å². The van der Waals surface area contributed by atoms with Crippen molar-refractivity contribution in [2.45, 2.75) is 4.90 Å². The fourth-order valence-corrected chi connectivity index (χ4v) is 3.33. The van der Waals surface area contributed by atoms with Gasteiger partial charge in [0.2, 0.25) is 0 Å². The SMILES string of the molecule is O=C(/C=C/c1ccc(O)c(S(=O)(=O)O)c1)c1ccccc1-c1cccc(F)c1. The maximum atomic E-state index is 13.5. The summed E-state index contributed by atoms with van der Waals surface area (Å²) >= 11 is 0. The largest absolute Gasteiger partial charge is 0.506 e. The Morgan fingerprint density at radius 1 is 0.964 bits per heavy atom. The predicted molar refractivity (Wildman–Crippen MR) is 103 cm³/mol. The molecule has 0 heterocycles. The molecule has 0 aliphatic rings. The number of carbonyl (C=O) groups is 1. The van der Waals surface area contributed by atoms with Crippen LogP contribution in [0, 0.1) is 5.82 Å². The Balaban J connectivity index is 1.95. The quantitative estimate of drug-likeness (QED) is 0.379. The Labute approximate surface area is 161 Å². The molecule has 0 bridgehead atoms. The first-order valence-electron chi connectivity index (χ1n) is 8.13. The van der Waals surface area contributed by atoms with Gasteiger partial charge in [-0.1, -0.05) is 48.5 Å². The molecular weight excluding hydrogens is 383 g/mol. The average molecular weight is 398 g/mol. The van der Waals surface area contributed by atoms with Gasteiger partial charge < -0.3 is 5.11 Å².